The number of nitrogens with zero attached hydrogens (tertiary/aromatic N) is 3. The summed E-state index contributed by atoms with van der Waals surface area (Å²) in [5.74, 6) is 0.641. The van der Waals surface area contributed by atoms with Crippen LogP contribution in [0.2, 0.25) is 5.02 Å². The fourth-order valence-electron chi connectivity index (χ4n) is 2.43. The van der Waals surface area contributed by atoms with E-state index in [9.17, 15) is 4.79 Å². The maximum atomic E-state index is 12.1. The van der Waals surface area contributed by atoms with Gasteiger partial charge in [0.1, 0.15) is 5.02 Å². The monoisotopic (exact) mass is 269 g/mol. The number of rotatable bonds is 2. The summed E-state index contributed by atoms with van der Waals surface area (Å²) in [7, 11) is 0. The second-order valence-electron chi connectivity index (χ2n) is 5.38. The van der Waals surface area contributed by atoms with Crippen molar-refractivity contribution in [1.82, 2.24) is 9.78 Å². The van der Waals surface area contributed by atoms with Crippen molar-refractivity contribution in [3.05, 3.63) is 21.6 Å². The van der Waals surface area contributed by atoms with E-state index in [0.717, 1.165) is 25.2 Å². The van der Waals surface area contributed by atoms with E-state index in [-0.39, 0.29) is 11.6 Å². The lowest BCUT2D eigenvalue weighted by atomic mass is 10.00. The molecule has 2 heterocycles. The van der Waals surface area contributed by atoms with E-state index >= 15 is 0 Å². The van der Waals surface area contributed by atoms with E-state index in [4.69, 9.17) is 11.6 Å². The van der Waals surface area contributed by atoms with Gasteiger partial charge in [-0.3, -0.25) is 4.79 Å². The zero-order chi connectivity index (χ0) is 13.3. The largest absolute Gasteiger partial charge is 0.369 e. The Morgan fingerprint density at radius 3 is 2.83 bits per heavy atom. The minimum atomic E-state index is -0.192. The molecule has 0 bridgehead atoms. The van der Waals surface area contributed by atoms with Crippen LogP contribution in [0.25, 0.3) is 0 Å². The van der Waals surface area contributed by atoms with Crippen LogP contribution in [0.4, 0.5) is 5.69 Å². The Balaban J connectivity index is 2.35. The number of hydrogen-bond donors (Lipinski definition) is 0. The van der Waals surface area contributed by atoms with E-state index in [2.05, 4.69) is 16.9 Å². The number of anilines is 1. The van der Waals surface area contributed by atoms with Crippen molar-refractivity contribution in [2.24, 2.45) is 5.92 Å². The summed E-state index contributed by atoms with van der Waals surface area (Å²) < 4.78 is 1.43. The SMILES string of the molecule is CC1CCCN(c2cnn(C(C)C)c(=O)c2Cl)C1. The van der Waals surface area contributed by atoms with Crippen LogP contribution in [0.3, 0.4) is 0 Å². The van der Waals surface area contributed by atoms with Crippen molar-refractivity contribution in [3.63, 3.8) is 0 Å². The smallest absolute Gasteiger partial charge is 0.287 e. The normalized spacial score (nSPS) is 20.5. The minimum Gasteiger partial charge on any atom is -0.369 e. The van der Waals surface area contributed by atoms with E-state index in [1.54, 1.807) is 6.20 Å². The Morgan fingerprint density at radius 2 is 2.22 bits per heavy atom. The Hall–Kier alpha value is -1.03. The van der Waals surface area contributed by atoms with Gasteiger partial charge in [-0.25, -0.2) is 4.68 Å². The Labute approximate surface area is 113 Å². The molecular formula is C13H20ClN3O. The van der Waals surface area contributed by atoms with Crippen LogP contribution < -0.4 is 10.5 Å². The number of hydrogen-bond acceptors (Lipinski definition) is 3. The van der Waals surface area contributed by atoms with Gasteiger partial charge >= 0.3 is 0 Å². The fraction of sp³-hybridized carbons (Fsp3) is 0.692. The quantitative estimate of drug-likeness (QED) is 0.829. The van der Waals surface area contributed by atoms with Crippen molar-refractivity contribution >= 4 is 17.3 Å². The van der Waals surface area contributed by atoms with Gasteiger partial charge in [-0.2, -0.15) is 5.10 Å². The number of halogens is 1. The molecule has 1 saturated heterocycles. The summed E-state index contributed by atoms with van der Waals surface area (Å²) in [6.07, 6.45) is 4.11. The lowest BCUT2D eigenvalue weighted by molar-refractivity contribution is 0.444. The van der Waals surface area contributed by atoms with E-state index in [1.165, 1.54) is 11.1 Å². The molecule has 1 fully saturated rings. The van der Waals surface area contributed by atoms with Crippen LogP contribution in [0, 0.1) is 5.92 Å². The standard InChI is InChI=1S/C13H20ClN3O/c1-9(2)17-13(18)12(14)11(7-15-17)16-6-4-5-10(3)8-16/h7,9-10H,4-6,8H2,1-3H3. The van der Waals surface area contributed by atoms with E-state index < -0.39 is 0 Å². The summed E-state index contributed by atoms with van der Waals surface area (Å²) in [4.78, 5) is 14.3. The van der Waals surface area contributed by atoms with Gasteiger partial charge in [0.05, 0.1) is 17.9 Å². The highest BCUT2D eigenvalue weighted by molar-refractivity contribution is 6.33. The second-order valence-corrected chi connectivity index (χ2v) is 5.76. The molecule has 0 saturated carbocycles. The van der Waals surface area contributed by atoms with Gasteiger partial charge in [0.15, 0.2) is 0 Å². The van der Waals surface area contributed by atoms with Crippen LogP contribution in [-0.4, -0.2) is 22.9 Å². The third kappa shape index (κ3) is 2.53. The molecule has 1 atom stereocenters. The Kier molecular flexibility index (Phi) is 3.95. The first-order valence-corrected chi connectivity index (χ1v) is 6.90. The summed E-state index contributed by atoms with van der Waals surface area (Å²) in [6.45, 7) is 7.98. The molecule has 1 aromatic heterocycles. The molecule has 1 aliphatic rings. The molecule has 0 aromatic carbocycles. The number of piperidine rings is 1. The molecule has 1 unspecified atom stereocenters. The first-order chi connectivity index (χ1) is 8.50. The average molecular weight is 270 g/mol. The highest BCUT2D eigenvalue weighted by Gasteiger charge is 2.21. The maximum absolute atomic E-state index is 12.1. The Bertz CT molecular complexity index is 484. The minimum absolute atomic E-state index is 0.0318. The zero-order valence-corrected chi connectivity index (χ0v) is 11.9. The van der Waals surface area contributed by atoms with Crippen LogP contribution in [0.15, 0.2) is 11.0 Å². The molecule has 18 heavy (non-hydrogen) atoms. The van der Waals surface area contributed by atoms with Crippen LogP contribution in [0.1, 0.15) is 39.7 Å². The predicted octanol–water partition coefficient (Wildman–Crippen LogP) is 2.71. The summed E-state index contributed by atoms with van der Waals surface area (Å²) in [5.41, 5.74) is 0.590. The molecule has 1 aliphatic heterocycles. The van der Waals surface area contributed by atoms with Crippen LogP contribution in [-0.2, 0) is 0 Å². The molecule has 0 spiro atoms. The van der Waals surface area contributed by atoms with Gasteiger partial charge in [-0.05, 0) is 32.6 Å². The van der Waals surface area contributed by atoms with Crippen molar-refractivity contribution in [3.8, 4) is 0 Å². The average Bonchev–Trinajstić information content (AvgIpc) is 2.32. The number of aromatic nitrogens is 2. The molecular weight excluding hydrogens is 250 g/mol. The van der Waals surface area contributed by atoms with Crippen molar-refractivity contribution in [2.45, 2.75) is 39.7 Å². The first-order valence-electron chi connectivity index (χ1n) is 6.53. The lowest BCUT2D eigenvalue weighted by Crippen LogP contribution is -2.36. The molecule has 5 heteroatoms. The van der Waals surface area contributed by atoms with Crippen molar-refractivity contribution in [2.75, 3.05) is 18.0 Å². The third-order valence-corrected chi connectivity index (χ3v) is 3.77. The highest BCUT2D eigenvalue weighted by atomic mass is 35.5. The van der Waals surface area contributed by atoms with Crippen LogP contribution in [0.5, 0.6) is 0 Å². The van der Waals surface area contributed by atoms with Crippen molar-refractivity contribution < 1.29 is 0 Å². The highest BCUT2D eigenvalue weighted by Crippen LogP contribution is 2.26. The molecule has 0 aliphatic carbocycles. The summed E-state index contributed by atoms with van der Waals surface area (Å²) >= 11 is 6.21. The third-order valence-electron chi connectivity index (χ3n) is 3.41. The summed E-state index contributed by atoms with van der Waals surface area (Å²) in [6, 6.07) is 0.0318. The van der Waals surface area contributed by atoms with Gasteiger partial charge in [0.2, 0.25) is 0 Å². The van der Waals surface area contributed by atoms with Gasteiger partial charge in [0.25, 0.3) is 5.56 Å². The molecule has 1 aromatic rings. The second kappa shape index (κ2) is 5.31. The maximum Gasteiger partial charge on any atom is 0.287 e. The fourth-order valence-corrected chi connectivity index (χ4v) is 2.69. The Morgan fingerprint density at radius 1 is 1.50 bits per heavy atom. The molecule has 2 rings (SSSR count). The zero-order valence-electron chi connectivity index (χ0n) is 11.2. The van der Waals surface area contributed by atoms with E-state index in [1.807, 2.05) is 13.8 Å². The molecule has 0 amide bonds. The molecule has 0 N–H and O–H groups in total. The van der Waals surface area contributed by atoms with Gasteiger partial charge in [0, 0.05) is 13.1 Å². The predicted molar refractivity (Wildman–Crippen MR) is 74.5 cm³/mol. The van der Waals surface area contributed by atoms with Gasteiger partial charge in [-0.15, -0.1) is 0 Å². The molecule has 100 valence electrons. The van der Waals surface area contributed by atoms with Crippen molar-refractivity contribution in [1.29, 1.82) is 0 Å². The lowest BCUT2D eigenvalue weighted by Gasteiger charge is -2.33. The van der Waals surface area contributed by atoms with E-state index in [0.29, 0.717) is 10.9 Å². The topological polar surface area (TPSA) is 38.1 Å². The molecule has 0 radical (unpaired) electrons. The first kappa shape index (κ1) is 13.4. The summed E-state index contributed by atoms with van der Waals surface area (Å²) in [5, 5.41) is 4.52. The molecule has 4 nitrogen and oxygen atoms in total. The van der Waals surface area contributed by atoms with Crippen LogP contribution >= 0.6 is 11.6 Å². The van der Waals surface area contributed by atoms with Gasteiger partial charge in [-0.1, -0.05) is 18.5 Å². The van der Waals surface area contributed by atoms with Gasteiger partial charge < -0.3 is 4.90 Å².